The highest BCUT2D eigenvalue weighted by Gasteiger charge is 2.31. The van der Waals surface area contributed by atoms with E-state index in [4.69, 9.17) is 4.74 Å². The van der Waals surface area contributed by atoms with Crippen LogP contribution in [0.15, 0.2) is 23.1 Å². The largest absolute Gasteiger partial charge is 0.444 e. The van der Waals surface area contributed by atoms with Gasteiger partial charge in [0, 0.05) is 31.1 Å². The average molecular weight is 512 g/mol. The number of carbonyl (C=O) groups is 1. The lowest BCUT2D eigenvalue weighted by Crippen LogP contribution is -2.47. The third-order valence-electron chi connectivity index (χ3n) is 4.67. The Kier molecular flexibility index (Phi) is 9.08. The van der Waals surface area contributed by atoms with E-state index >= 15 is 0 Å². The maximum Gasteiger partial charge on any atom is 0.407 e. The molecule has 10 nitrogen and oxygen atoms in total. The zero-order chi connectivity index (χ0) is 25.6. The quantitative estimate of drug-likeness (QED) is 0.347. The van der Waals surface area contributed by atoms with E-state index in [1.54, 1.807) is 20.8 Å². The fourth-order valence-electron chi connectivity index (χ4n) is 3.15. The van der Waals surface area contributed by atoms with Crippen molar-refractivity contribution in [3.63, 3.8) is 0 Å². The smallest absolute Gasteiger partial charge is 0.407 e. The summed E-state index contributed by atoms with van der Waals surface area (Å²) in [7, 11) is -7.41. The second kappa shape index (κ2) is 11.2. The van der Waals surface area contributed by atoms with Crippen molar-refractivity contribution in [1.82, 2.24) is 9.62 Å². The number of carbonyl (C=O) groups excluding carboxylic acids is 1. The molecule has 1 saturated heterocycles. The molecule has 186 valence electrons. The van der Waals surface area contributed by atoms with Crippen molar-refractivity contribution in [1.29, 1.82) is 5.26 Å². The number of hydrogen-bond donors (Lipinski definition) is 1. The summed E-state index contributed by atoms with van der Waals surface area (Å²) in [6.07, 6.45) is 1.35. The molecule has 0 atom stereocenters. The topological polar surface area (TPSA) is 143 Å². The molecule has 1 N–H and O–H groups in total. The summed E-state index contributed by atoms with van der Waals surface area (Å²) in [4.78, 5) is 12.0. The third kappa shape index (κ3) is 8.61. The predicted octanol–water partition coefficient (Wildman–Crippen LogP) is 1.95. The number of sulfonamides is 1. The van der Waals surface area contributed by atoms with Crippen molar-refractivity contribution in [2.75, 3.05) is 26.0 Å². The molecule has 12 heteroatoms. The van der Waals surface area contributed by atoms with Crippen LogP contribution in [0.4, 0.5) is 4.79 Å². The number of alkyl carbamates (subject to hydrolysis) is 1. The first-order valence-electron chi connectivity index (χ1n) is 10.6. The average Bonchev–Trinajstić information content (AvgIpc) is 2.71. The molecular formula is C22H29N3O7S2. The maximum atomic E-state index is 13.1. The minimum atomic E-state index is -3.84. The van der Waals surface area contributed by atoms with Crippen LogP contribution in [0.25, 0.3) is 0 Å². The fraction of sp³-hybridized carbons (Fsp3) is 0.545. The lowest BCUT2D eigenvalue weighted by molar-refractivity contribution is 0.0489. The highest BCUT2D eigenvalue weighted by atomic mass is 32.2. The number of rotatable bonds is 6. The van der Waals surface area contributed by atoms with Crippen LogP contribution in [-0.4, -0.2) is 64.8 Å². The van der Waals surface area contributed by atoms with Gasteiger partial charge in [0.05, 0.1) is 23.3 Å². The van der Waals surface area contributed by atoms with E-state index in [2.05, 4.69) is 21.3 Å². The molecule has 34 heavy (non-hydrogen) atoms. The third-order valence-corrected chi connectivity index (χ3v) is 7.16. The lowest BCUT2D eigenvalue weighted by Gasteiger charge is -2.32. The van der Waals surface area contributed by atoms with Gasteiger partial charge in [0.25, 0.3) is 10.1 Å². The number of nitriles is 1. The van der Waals surface area contributed by atoms with Crippen LogP contribution in [0.2, 0.25) is 0 Å². The Balaban J connectivity index is 2.07. The zero-order valence-electron chi connectivity index (χ0n) is 19.6. The zero-order valence-corrected chi connectivity index (χ0v) is 21.3. The number of ether oxygens (including phenoxy) is 1. The Labute approximate surface area is 201 Å². The summed E-state index contributed by atoms with van der Waals surface area (Å²) in [5.41, 5.74) is -0.189. The minimum Gasteiger partial charge on any atom is -0.444 e. The Morgan fingerprint density at radius 1 is 1.18 bits per heavy atom. The van der Waals surface area contributed by atoms with Crippen molar-refractivity contribution in [2.24, 2.45) is 0 Å². The highest BCUT2D eigenvalue weighted by molar-refractivity contribution is 7.89. The van der Waals surface area contributed by atoms with Crippen molar-refractivity contribution in [2.45, 2.75) is 56.6 Å². The van der Waals surface area contributed by atoms with E-state index in [-0.39, 0.29) is 48.2 Å². The number of nitrogens with zero attached hydrogens (tertiary/aromatic N) is 2. The highest BCUT2D eigenvalue weighted by Crippen LogP contribution is 2.23. The van der Waals surface area contributed by atoms with E-state index in [1.165, 1.54) is 22.5 Å². The summed E-state index contributed by atoms with van der Waals surface area (Å²) in [6, 6.07) is 5.86. The van der Waals surface area contributed by atoms with E-state index in [9.17, 15) is 26.9 Å². The van der Waals surface area contributed by atoms with Crippen molar-refractivity contribution >= 4 is 26.2 Å². The van der Waals surface area contributed by atoms with Crippen LogP contribution >= 0.6 is 0 Å². The normalized spacial score (nSPS) is 15.6. The molecule has 0 aromatic heterocycles. The monoisotopic (exact) mass is 511 g/mol. The number of piperidine rings is 1. The lowest BCUT2D eigenvalue weighted by atomic mass is 10.1. The van der Waals surface area contributed by atoms with Gasteiger partial charge in [0.2, 0.25) is 10.0 Å². The van der Waals surface area contributed by atoms with Crippen LogP contribution in [0.3, 0.4) is 0 Å². The van der Waals surface area contributed by atoms with Gasteiger partial charge in [-0.05, 0) is 51.8 Å². The second-order valence-corrected chi connectivity index (χ2v) is 12.3. The van der Waals surface area contributed by atoms with Crippen LogP contribution in [0, 0.1) is 23.2 Å². The van der Waals surface area contributed by atoms with E-state index in [1.807, 2.05) is 6.07 Å². The molecule has 1 aliphatic rings. The molecule has 0 saturated carbocycles. The Morgan fingerprint density at radius 3 is 2.38 bits per heavy atom. The van der Waals surface area contributed by atoms with Gasteiger partial charge in [-0.25, -0.2) is 13.2 Å². The van der Waals surface area contributed by atoms with Gasteiger partial charge in [-0.3, -0.25) is 4.18 Å². The Hall–Kier alpha value is -2.64. The number of amides is 1. The molecule has 0 radical (unpaired) electrons. The van der Waals surface area contributed by atoms with Crippen molar-refractivity contribution in [3.8, 4) is 17.9 Å². The Morgan fingerprint density at radius 2 is 1.82 bits per heavy atom. The Bertz CT molecular complexity index is 1210. The van der Waals surface area contributed by atoms with Gasteiger partial charge in [-0.2, -0.15) is 18.0 Å². The molecule has 0 unspecified atom stereocenters. The van der Waals surface area contributed by atoms with Crippen molar-refractivity contribution < 1.29 is 30.6 Å². The molecule has 0 aliphatic carbocycles. The van der Waals surface area contributed by atoms with E-state index in [0.29, 0.717) is 12.8 Å². The van der Waals surface area contributed by atoms with Gasteiger partial charge >= 0.3 is 6.09 Å². The van der Waals surface area contributed by atoms with Gasteiger partial charge in [-0.1, -0.05) is 11.8 Å². The van der Waals surface area contributed by atoms with Gasteiger partial charge in [-0.15, -0.1) is 0 Å². The molecule has 1 aliphatic heterocycles. The molecule has 1 heterocycles. The molecule has 0 bridgehead atoms. The summed E-state index contributed by atoms with van der Waals surface area (Å²) in [5, 5.41) is 12.1. The molecule has 1 fully saturated rings. The molecule has 2 rings (SSSR count). The van der Waals surface area contributed by atoms with Gasteiger partial charge in [0.1, 0.15) is 11.7 Å². The van der Waals surface area contributed by atoms with E-state index in [0.717, 1.165) is 6.26 Å². The number of benzene rings is 1. The first kappa shape index (κ1) is 27.6. The SMILES string of the molecule is CC(C)(C)OC(=O)NC1CCN(S(=O)(=O)c2ccc(C#N)c(C#CCCOS(C)(=O)=O)c2)CC1. The summed E-state index contributed by atoms with van der Waals surface area (Å²) in [6.45, 7) is 5.58. The molecule has 1 aromatic carbocycles. The maximum absolute atomic E-state index is 13.1. The van der Waals surface area contributed by atoms with Gasteiger partial charge in [0.15, 0.2) is 0 Å². The van der Waals surface area contributed by atoms with Crippen LogP contribution in [0.1, 0.15) is 51.2 Å². The number of hydrogen-bond acceptors (Lipinski definition) is 8. The summed E-state index contributed by atoms with van der Waals surface area (Å²) < 4.78 is 59.4. The predicted molar refractivity (Wildman–Crippen MR) is 125 cm³/mol. The molecule has 0 spiro atoms. The molecule has 1 aromatic rings. The standard InChI is InChI=1S/C22H29N3O7S2/c1-22(2,3)32-21(26)24-19-10-12-25(13-11-19)34(29,30)20-9-8-18(16-23)17(15-20)7-5-6-14-31-33(4,27)28/h8-9,15,19H,6,10-14H2,1-4H3,(H,24,26). The van der Waals surface area contributed by atoms with Crippen LogP contribution < -0.4 is 5.32 Å². The van der Waals surface area contributed by atoms with Crippen LogP contribution in [-0.2, 0) is 29.1 Å². The molecule has 1 amide bonds. The second-order valence-electron chi connectivity index (χ2n) is 8.72. The van der Waals surface area contributed by atoms with Gasteiger partial charge < -0.3 is 10.1 Å². The van der Waals surface area contributed by atoms with Crippen molar-refractivity contribution in [3.05, 3.63) is 29.3 Å². The number of nitrogens with one attached hydrogen (secondary N) is 1. The molecular weight excluding hydrogens is 482 g/mol. The minimum absolute atomic E-state index is 0.00161. The first-order chi connectivity index (χ1) is 15.7. The van der Waals surface area contributed by atoms with E-state index < -0.39 is 31.8 Å². The summed E-state index contributed by atoms with van der Waals surface area (Å²) in [5.74, 6) is 5.42. The summed E-state index contributed by atoms with van der Waals surface area (Å²) >= 11 is 0. The fourth-order valence-corrected chi connectivity index (χ4v) is 5.03. The van der Waals surface area contributed by atoms with Crippen LogP contribution in [0.5, 0.6) is 0 Å². The first-order valence-corrected chi connectivity index (χ1v) is 13.8.